The molecule has 2 rings (SSSR count). The molecule has 6 nitrogen and oxygen atoms in total. The Balaban J connectivity index is 0.00000450. The third kappa shape index (κ3) is 8.79. The Kier molecular flexibility index (Phi) is 13.0. The van der Waals surface area contributed by atoms with Crippen LogP contribution in [0.3, 0.4) is 0 Å². The summed E-state index contributed by atoms with van der Waals surface area (Å²) in [6.45, 7) is 7.37. The van der Waals surface area contributed by atoms with Crippen LogP contribution in [0.15, 0.2) is 40.7 Å². The molecule has 0 spiro atoms. The molecule has 0 bridgehead atoms. The van der Waals surface area contributed by atoms with Crippen LogP contribution in [-0.4, -0.2) is 58.4 Å². The van der Waals surface area contributed by atoms with Gasteiger partial charge in [-0.2, -0.15) is 0 Å². The largest absolute Gasteiger partial charge is 0.491 e. The number of halogens is 1. The first-order valence-corrected chi connectivity index (χ1v) is 10.9. The first-order valence-electron chi connectivity index (χ1n) is 9.98. The number of thiophene rings is 1. The first kappa shape index (κ1) is 26.7. The van der Waals surface area contributed by atoms with Crippen molar-refractivity contribution in [3.05, 3.63) is 51.7 Å². The lowest BCUT2D eigenvalue weighted by Gasteiger charge is -2.24. The number of ether oxygens (including phenoxy) is 2. The Morgan fingerprint density at radius 3 is 2.63 bits per heavy atom. The fourth-order valence-electron chi connectivity index (χ4n) is 2.88. The van der Waals surface area contributed by atoms with E-state index in [1.807, 2.05) is 0 Å². The first-order chi connectivity index (χ1) is 14.0. The minimum absolute atomic E-state index is 0. The average Bonchev–Trinajstić information content (AvgIpc) is 3.21. The molecule has 168 valence electrons. The van der Waals surface area contributed by atoms with Crippen LogP contribution in [0.1, 0.15) is 29.0 Å². The zero-order valence-corrected chi connectivity index (χ0v) is 21.8. The van der Waals surface area contributed by atoms with Crippen molar-refractivity contribution in [1.82, 2.24) is 15.5 Å². The molecule has 1 atom stereocenters. The second-order valence-corrected chi connectivity index (χ2v) is 8.00. The lowest BCUT2D eigenvalue weighted by atomic mass is 10.1. The monoisotopic (exact) mass is 546 g/mol. The maximum atomic E-state index is 5.89. The molecule has 1 heterocycles. The molecule has 0 aliphatic heterocycles. The smallest absolute Gasteiger partial charge is 0.191 e. The number of hydrogen-bond acceptors (Lipinski definition) is 5. The molecule has 2 N–H and O–H groups in total. The second kappa shape index (κ2) is 14.6. The van der Waals surface area contributed by atoms with Gasteiger partial charge in [-0.25, -0.2) is 4.99 Å². The van der Waals surface area contributed by atoms with E-state index in [9.17, 15) is 0 Å². The number of nitrogens with one attached hydrogen (secondary N) is 2. The van der Waals surface area contributed by atoms with Crippen molar-refractivity contribution in [1.29, 1.82) is 0 Å². The maximum absolute atomic E-state index is 5.89. The quantitative estimate of drug-likeness (QED) is 0.193. The van der Waals surface area contributed by atoms with Crippen molar-refractivity contribution < 1.29 is 9.47 Å². The molecule has 0 amide bonds. The number of guanidine groups is 1. The molecule has 30 heavy (non-hydrogen) atoms. The fraction of sp³-hybridized carbons (Fsp3) is 0.500. The summed E-state index contributed by atoms with van der Waals surface area (Å²) in [5.74, 6) is 1.67. The molecule has 1 unspecified atom stereocenters. The highest BCUT2D eigenvalue weighted by Crippen LogP contribution is 2.23. The van der Waals surface area contributed by atoms with E-state index in [2.05, 4.69) is 79.2 Å². The van der Waals surface area contributed by atoms with E-state index in [1.54, 1.807) is 18.4 Å². The Morgan fingerprint density at radius 1 is 1.20 bits per heavy atom. The van der Waals surface area contributed by atoms with Crippen LogP contribution in [0.25, 0.3) is 0 Å². The number of nitrogens with zero attached hydrogens (tertiary/aromatic N) is 2. The van der Waals surface area contributed by atoms with Gasteiger partial charge in [-0.15, -0.1) is 35.3 Å². The number of aryl methyl sites for hydroxylation is 1. The van der Waals surface area contributed by atoms with Gasteiger partial charge in [-0.3, -0.25) is 0 Å². The van der Waals surface area contributed by atoms with Gasteiger partial charge in [-0.05, 0) is 51.0 Å². The standard InChI is InChI=1S/C22H34N4O2S.HI/c1-6-23-22(25-16-19(26(3)4)21-8-7-13-29-21)24-15-18-10-9-17(2)14-20(18)28-12-11-27-5;/h7-10,13-14,19H,6,11-12,15-16H2,1-5H3,(H2,23,24,25);1H. The summed E-state index contributed by atoms with van der Waals surface area (Å²) in [6, 6.07) is 10.8. The normalized spacial score (nSPS) is 12.4. The van der Waals surface area contributed by atoms with Gasteiger partial charge >= 0.3 is 0 Å². The van der Waals surface area contributed by atoms with Crippen LogP contribution in [0.5, 0.6) is 5.75 Å². The Hall–Kier alpha value is -1.36. The second-order valence-electron chi connectivity index (χ2n) is 7.02. The molecular formula is C22H35IN4O2S. The summed E-state index contributed by atoms with van der Waals surface area (Å²) >= 11 is 1.78. The number of benzene rings is 1. The summed E-state index contributed by atoms with van der Waals surface area (Å²) < 4.78 is 11.0. The summed E-state index contributed by atoms with van der Waals surface area (Å²) in [7, 11) is 5.88. The van der Waals surface area contributed by atoms with Crippen LogP contribution < -0.4 is 15.4 Å². The van der Waals surface area contributed by atoms with Gasteiger partial charge in [0.15, 0.2) is 5.96 Å². The van der Waals surface area contributed by atoms with Crippen molar-refractivity contribution in [3.63, 3.8) is 0 Å². The third-order valence-electron chi connectivity index (χ3n) is 4.48. The van der Waals surface area contributed by atoms with Crippen molar-refractivity contribution in [2.75, 3.05) is 47.5 Å². The highest BCUT2D eigenvalue weighted by molar-refractivity contribution is 14.0. The summed E-state index contributed by atoms with van der Waals surface area (Å²) in [4.78, 5) is 8.35. The van der Waals surface area contributed by atoms with E-state index in [-0.39, 0.29) is 24.0 Å². The molecule has 2 aromatic rings. The molecule has 0 radical (unpaired) electrons. The maximum Gasteiger partial charge on any atom is 0.191 e. The van der Waals surface area contributed by atoms with Gasteiger partial charge in [0.05, 0.1) is 19.2 Å². The lowest BCUT2D eigenvalue weighted by Crippen LogP contribution is -2.41. The minimum Gasteiger partial charge on any atom is -0.491 e. The number of hydrogen-bond donors (Lipinski definition) is 2. The molecule has 0 fully saturated rings. The van der Waals surface area contributed by atoms with Gasteiger partial charge in [0, 0.05) is 30.6 Å². The van der Waals surface area contributed by atoms with Crippen molar-refractivity contribution in [2.24, 2.45) is 4.99 Å². The zero-order valence-electron chi connectivity index (χ0n) is 18.6. The number of methoxy groups -OCH3 is 1. The predicted octanol–water partition coefficient (Wildman–Crippen LogP) is 4.06. The van der Waals surface area contributed by atoms with Gasteiger partial charge < -0.3 is 25.0 Å². The number of likely N-dealkylation sites (N-methyl/N-ethyl adjacent to an activating group) is 1. The molecule has 1 aromatic heterocycles. The van der Waals surface area contributed by atoms with E-state index >= 15 is 0 Å². The number of aliphatic imine (C=N–C) groups is 1. The summed E-state index contributed by atoms with van der Waals surface area (Å²) in [5, 5.41) is 8.94. The molecular weight excluding hydrogens is 511 g/mol. The highest BCUT2D eigenvalue weighted by atomic mass is 127. The van der Waals surface area contributed by atoms with E-state index in [1.165, 1.54) is 10.4 Å². The zero-order chi connectivity index (χ0) is 21.1. The number of rotatable bonds is 11. The van der Waals surface area contributed by atoms with Crippen molar-refractivity contribution in [2.45, 2.75) is 26.4 Å². The summed E-state index contributed by atoms with van der Waals surface area (Å²) in [6.07, 6.45) is 0. The molecule has 0 aliphatic carbocycles. The van der Waals surface area contributed by atoms with E-state index in [4.69, 9.17) is 14.5 Å². The summed E-state index contributed by atoms with van der Waals surface area (Å²) in [5.41, 5.74) is 2.23. The van der Waals surface area contributed by atoms with Crippen LogP contribution in [0.2, 0.25) is 0 Å². The van der Waals surface area contributed by atoms with Crippen LogP contribution in [0.4, 0.5) is 0 Å². The molecule has 0 saturated carbocycles. The average molecular weight is 547 g/mol. The van der Waals surface area contributed by atoms with Crippen LogP contribution in [0, 0.1) is 6.92 Å². The van der Waals surface area contributed by atoms with E-state index in [0.29, 0.717) is 25.8 Å². The van der Waals surface area contributed by atoms with E-state index in [0.717, 1.165) is 30.4 Å². The van der Waals surface area contributed by atoms with Gasteiger partial charge in [0.2, 0.25) is 0 Å². The molecule has 0 saturated heterocycles. The highest BCUT2D eigenvalue weighted by Gasteiger charge is 2.15. The van der Waals surface area contributed by atoms with Gasteiger partial charge in [-0.1, -0.05) is 18.2 Å². The predicted molar refractivity (Wildman–Crippen MR) is 138 cm³/mol. The van der Waals surface area contributed by atoms with Crippen LogP contribution >= 0.6 is 35.3 Å². The third-order valence-corrected chi connectivity index (χ3v) is 5.45. The van der Waals surface area contributed by atoms with Gasteiger partial charge in [0.1, 0.15) is 12.4 Å². The topological polar surface area (TPSA) is 58.1 Å². The molecule has 0 aliphatic rings. The fourth-order valence-corrected chi connectivity index (χ4v) is 3.80. The van der Waals surface area contributed by atoms with E-state index < -0.39 is 0 Å². The Bertz CT molecular complexity index is 754. The molecule has 1 aromatic carbocycles. The lowest BCUT2D eigenvalue weighted by molar-refractivity contribution is 0.145. The Morgan fingerprint density at radius 2 is 2.00 bits per heavy atom. The SMILES string of the molecule is CCNC(=NCc1ccc(C)cc1OCCOC)NCC(c1cccs1)N(C)C.I. The van der Waals surface area contributed by atoms with Crippen LogP contribution in [-0.2, 0) is 11.3 Å². The Labute approximate surface area is 202 Å². The molecule has 8 heteroatoms. The minimum atomic E-state index is 0. The van der Waals surface area contributed by atoms with Crippen molar-refractivity contribution in [3.8, 4) is 5.75 Å². The van der Waals surface area contributed by atoms with Crippen molar-refractivity contribution >= 4 is 41.3 Å². The van der Waals surface area contributed by atoms with Gasteiger partial charge in [0.25, 0.3) is 0 Å².